The maximum absolute atomic E-state index is 5.83. The highest BCUT2D eigenvalue weighted by atomic mass is 16.5. The summed E-state index contributed by atoms with van der Waals surface area (Å²) in [4.78, 5) is 12.6. The molecule has 0 unspecified atom stereocenters. The lowest BCUT2D eigenvalue weighted by molar-refractivity contribution is 0.397. The minimum Gasteiger partial charge on any atom is -0.481 e. The zero-order valence-electron chi connectivity index (χ0n) is 12.0. The molecule has 0 saturated carbocycles. The molecule has 2 aromatic heterocycles. The number of nitrogens with two attached hydrogens (primary N) is 1. The molecule has 0 saturated heterocycles. The van der Waals surface area contributed by atoms with Gasteiger partial charge >= 0.3 is 0 Å². The average molecular weight is 285 g/mol. The van der Waals surface area contributed by atoms with E-state index >= 15 is 0 Å². The van der Waals surface area contributed by atoms with E-state index in [-0.39, 0.29) is 0 Å². The van der Waals surface area contributed by atoms with E-state index in [9.17, 15) is 0 Å². The number of guanidine groups is 1. The quantitative estimate of drug-likeness (QED) is 0.614. The van der Waals surface area contributed by atoms with E-state index in [2.05, 4.69) is 20.3 Å². The van der Waals surface area contributed by atoms with Crippen molar-refractivity contribution in [2.24, 2.45) is 10.7 Å². The zero-order chi connectivity index (χ0) is 14.9. The second kappa shape index (κ2) is 7.84. The van der Waals surface area contributed by atoms with E-state index in [0.717, 1.165) is 17.7 Å². The largest absolute Gasteiger partial charge is 0.481 e. The van der Waals surface area contributed by atoms with Gasteiger partial charge in [0.15, 0.2) is 5.96 Å². The fraction of sp³-hybridized carbons (Fsp3) is 0.267. The van der Waals surface area contributed by atoms with Gasteiger partial charge in [-0.2, -0.15) is 0 Å². The standard InChI is InChI=1S/C15H19N5O/c1-21-14-10-12(5-8-18-14)11-20-15(16)19-9-6-13-4-2-3-7-17-13/h2-5,7-8,10H,6,9,11H2,1H3,(H3,16,19,20). The fourth-order valence-corrected chi connectivity index (χ4v) is 1.76. The number of hydrogen-bond donors (Lipinski definition) is 2. The average Bonchev–Trinajstić information content (AvgIpc) is 2.54. The Morgan fingerprint density at radius 3 is 2.95 bits per heavy atom. The first-order valence-corrected chi connectivity index (χ1v) is 6.70. The van der Waals surface area contributed by atoms with Crippen LogP contribution in [0.15, 0.2) is 47.7 Å². The van der Waals surface area contributed by atoms with Crippen LogP contribution in [-0.2, 0) is 13.0 Å². The van der Waals surface area contributed by atoms with Crippen LogP contribution in [0.4, 0.5) is 0 Å². The number of pyridine rings is 2. The first kappa shape index (κ1) is 14.8. The van der Waals surface area contributed by atoms with Crippen LogP contribution < -0.4 is 15.8 Å². The van der Waals surface area contributed by atoms with Gasteiger partial charge in [-0.1, -0.05) is 6.07 Å². The molecule has 2 rings (SSSR count). The van der Waals surface area contributed by atoms with Gasteiger partial charge in [0.1, 0.15) is 0 Å². The van der Waals surface area contributed by atoms with E-state index in [0.29, 0.717) is 24.9 Å². The molecule has 0 aliphatic carbocycles. The van der Waals surface area contributed by atoms with E-state index in [1.807, 2.05) is 30.3 Å². The predicted molar refractivity (Wildman–Crippen MR) is 82.1 cm³/mol. The second-order valence-electron chi connectivity index (χ2n) is 4.41. The van der Waals surface area contributed by atoms with Crippen molar-refractivity contribution < 1.29 is 4.74 Å². The van der Waals surface area contributed by atoms with E-state index < -0.39 is 0 Å². The lowest BCUT2D eigenvalue weighted by Gasteiger charge is -2.06. The summed E-state index contributed by atoms with van der Waals surface area (Å²) in [6.07, 6.45) is 4.28. The van der Waals surface area contributed by atoms with Crippen molar-refractivity contribution in [2.75, 3.05) is 13.7 Å². The van der Waals surface area contributed by atoms with Gasteiger partial charge in [-0.3, -0.25) is 4.98 Å². The molecule has 6 nitrogen and oxygen atoms in total. The molecule has 2 aromatic rings. The maximum atomic E-state index is 5.83. The van der Waals surface area contributed by atoms with Gasteiger partial charge in [0, 0.05) is 37.1 Å². The molecule has 0 aliphatic heterocycles. The Hall–Kier alpha value is -2.63. The molecular weight excluding hydrogens is 266 g/mol. The number of aliphatic imine (C=N–C) groups is 1. The van der Waals surface area contributed by atoms with E-state index in [1.54, 1.807) is 19.5 Å². The van der Waals surface area contributed by atoms with Crippen molar-refractivity contribution >= 4 is 5.96 Å². The smallest absolute Gasteiger partial charge is 0.213 e. The van der Waals surface area contributed by atoms with Crippen LogP contribution in [0.2, 0.25) is 0 Å². The minimum absolute atomic E-state index is 0.418. The zero-order valence-corrected chi connectivity index (χ0v) is 12.0. The monoisotopic (exact) mass is 285 g/mol. The third-order valence-corrected chi connectivity index (χ3v) is 2.85. The molecule has 0 aromatic carbocycles. The topological polar surface area (TPSA) is 85.4 Å². The van der Waals surface area contributed by atoms with Crippen molar-refractivity contribution in [3.05, 3.63) is 54.0 Å². The van der Waals surface area contributed by atoms with Gasteiger partial charge < -0.3 is 15.8 Å². The number of nitrogens with one attached hydrogen (secondary N) is 1. The molecule has 0 bridgehead atoms. The second-order valence-corrected chi connectivity index (χ2v) is 4.41. The highest BCUT2D eigenvalue weighted by Crippen LogP contribution is 2.09. The van der Waals surface area contributed by atoms with Crippen molar-refractivity contribution in [1.82, 2.24) is 15.3 Å². The lowest BCUT2D eigenvalue weighted by atomic mass is 10.2. The molecule has 0 radical (unpaired) electrons. The molecule has 0 amide bonds. The molecule has 0 fully saturated rings. The maximum Gasteiger partial charge on any atom is 0.213 e. The van der Waals surface area contributed by atoms with Gasteiger partial charge in [0.25, 0.3) is 0 Å². The van der Waals surface area contributed by atoms with Gasteiger partial charge in [0.05, 0.1) is 13.7 Å². The summed E-state index contributed by atoms with van der Waals surface area (Å²) in [5, 5.41) is 3.07. The predicted octanol–water partition coefficient (Wildman–Crippen LogP) is 1.13. The van der Waals surface area contributed by atoms with Crippen molar-refractivity contribution in [2.45, 2.75) is 13.0 Å². The normalized spacial score (nSPS) is 11.2. The molecule has 6 heteroatoms. The number of hydrogen-bond acceptors (Lipinski definition) is 4. The summed E-state index contributed by atoms with van der Waals surface area (Å²) < 4.78 is 5.06. The van der Waals surface area contributed by atoms with Gasteiger partial charge in [-0.25, -0.2) is 9.98 Å². The minimum atomic E-state index is 0.418. The molecule has 110 valence electrons. The van der Waals surface area contributed by atoms with Crippen molar-refractivity contribution in [1.29, 1.82) is 0 Å². The summed E-state index contributed by atoms with van der Waals surface area (Å²) in [7, 11) is 1.59. The van der Waals surface area contributed by atoms with E-state index in [1.165, 1.54) is 0 Å². The van der Waals surface area contributed by atoms with Gasteiger partial charge in [0.2, 0.25) is 5.88 Å². The Kier molecular flexibility index (Phi) is 5.51. The molecular formula is C15H19N5O. The highest BCUT2D eigenvalue weighted by Gasteiger charge is 1.98. The Balaban J connectivity index is 1.78. The number of aromatic nitrogens is 2. The summed E-state index contributed by atoms with van der Waals surface area (Å²) in [5.74, 6) is 0.992. The van der Waals surface area contributed by atoms with Gasteiger partial charge in [-0.15, -0.1) is 0 Å². The van der Waals surface area contributed by atoms with Gasteiger partial charge in [-0.05, 0) is 23.8 Å². The van der Waals surface area contributed by atoms with Crippen LogP contribution in [0.5, 0.6) is 5.88 Å². The molecule has 3 N–H and O–H groups in total. The fourth-order valence-electron chi connectivity index (χ4n) is 1.76. The first-order chi connectivity index (χ1) is 10.3. The van der Waals surface area contributed by atoms with Crippen LogP contribution in [-0.4, -0.2) is 29.6 Å². The van der Waals surface area contributed by atoms with E-state index in [4.69, 9.17) is 10.5 Å². The summed E-state index contributed by atoms with van der Waals surface area (Å²) >= 11 is 0. The molecule has 21 heavy (non-hydrogen) atoms. The molecule has 0 atom stereocenters. The first-order valence-electron chi connectivity index (χ1n) is 6.70. The van der Waals surface area contributed by atoms with Crippen molar-refractivity contribution in [3.8, 4) is 5.88 Å². The lowest BCUT2D eigenvalue weighted by Crippen LogP contribution is -2.33. The van der Waals surface area contributed by atoms with Crippen molar-refractivity contribution in [3.63, 3.8) is 0 Å². The summed E-state index contributed by atoms with van der Waals surface area (Å²) in [6.45, 7) is 1.19. The highest BCUT2D eigenvalue weighted by molar-refractivity contribution is 5.77. The van der Waals surface area contributed by atoms with Crippen LogP contribution in [0, 0.1) is 0 Å². The number of methoxy groups -OCH3 is 1. The Labute approximate surface area is 124 Å². The molecule has 2 heterocycles. The number of nitrogens with zero attached hydrogens (tertiary/aromatic N) is 3. The van der Waals surface area contributed by atoms with Crippen LogP contribution in [0.1, 0.15) is 11.3 Å². The third-order valence-electron chi connectivity index (χ3n) is 2.85. The number of rotatable bonds is 6. The van der Waals surface area contributed by atoms with Crippen LogP contribution in [0.3, 0.4) is 0 Å². The Morgan fingerprint density at radius 1 is 1.29 bits per heavy atom. The van der Waals surface area contributed by atoms with Crippen LogP contribution >= 0.6 is 0 Å². The summed E-state index contributed by atoms with van der Waals surface area (Å²) in [6, 6.07) is 9.57. The third kappa shape index (κ3) is 5.10. The number of ether oxygens (including phenoxy) is 1. The molecule has 0 spiro atoms. The summed E-state index contributed by atoms with van der Waals surface area (Å²) in [5.41, 5.74) is 7.85. The SMILES string of the molecule is COc1cc(CN=C(N)NCCc2ccccn2)ccn1. The Bertz CT molecular complexity index is 586. The Morgan fingerprint density at radius 2 is 2.19 bits per heavy atom. The van der Waals surface area contributed by atoms with Crippen LogP contribution in [0.25, 0.3) is 0 Å². The molecule has 0 aliphatic rings.